The van der Waals surface area contributed by atoms with Crippen LogP contribution in [0.3, 0.4) is 0 Å². The molecule has 212 valence electrons. The lowest BCUT2D eigenvalue weighted by molar-refractivity contribution is -0.146. The SMILES string of the molecule is CC(C)(CNC(=O)c1nc(-c2cccnc2)c2c(cc(-c3ccccc3)c(=O)n2CCc2ccccc2)c1O)C(=O)O. The molecule has 0 aliphatic carbocycles. The molecule has 0 fully saturated rings. The number of carbonyl (C=O) groups is 2. The number of nitrogens with zero attached hydrogens (tertiary/aromatic N) is 3. The van der Waals surface area contributed by atoms with Gasteiger partial charge in [0, 0.05) is 42.0 Å². The van der Waals surface area contributed by atoms with Crippen LogP contribution < -0.4 is 10.9 Å². The maximum Gasteiger partial charge on any atom is 0.310 e. The molecule has 0 aliphatic heterocycles. The summed E-state index contributed by atoms with van der Waals surface area (Å²) in [5, 5.41) is 23.9. The number of fused-ring (bicyclic) bond motifs is 1. The Bertz CT molecular complexity index is 1820. The maximum absolute atomic E-state index is 14.1. The topological polar surface area (TPSA) is 134 Å². The Balaban J connectivity index is 1.77. The average Bonchev–Trinajstić information content (AvgIpc) is 3.01. The van der Waals surface area contributed by atoms with Gasteiger partial charge in [-0.2, -0.15) is 0 Å². The minimum atomic E-state index is -1.24. The van der Waals surface area contributed by atoms with E-state index in [1.165, 1.54) is 13.8 Å². The first-order chi connectivity index (χ1) is 20.2. The van der Waals surface area contributed by atoms with Crippen molar-refractivity contribution in [3.63, 3.8) is 0 Å². The number of amides is 1. The quantitative estimate of drug-likeness (QED) is 0.232. The number of benzene rings is 2. The van der Waals surface area contributed by atoms with Crippen molar-refractivity contribution in [2.45, 2.75) is 26.8 Å². The van der Waals surface area contributed by atoms with Gasteiger partial charge in [0.2, 0.25) is 0 Å². The van der Waals surface area contributed by atoms with E-state index in [1.54, 1.807) is 35.2 Å². The Labute approximate surface area is 242 Å². The van der Waals surface area contributed by atoms with Gasteiger partial charge in [0.25, 0.3) is 11.5 Å². The fourth-order valence-corrected chi connectivity index (χ4v) is 4.69. The Morgan fingerprint density at radius 3 is 2.26 bits per heavy atom. The third kappa shape index (κ3) is 5.62. The normalized spacial score (nSPS) is 11.4. The Kier molecular flexibility index (Phi) is 7.84. The second kappa shape index (κ2) is 11.7. The van der Waals surface area contributed by atoms with Gasteiger partial charge in [-0.25, -0.2) is 4.98 Å². The lowest BCUT2D eigenvalue weighted by Gasteiger charge is -2.21. The molecule has 0 aliphatic rings. The van der Waals surface area contributed by atoms with E-state index < -0.39 is 23.0 Å². The largest absolute Gasteiger partial charge is 0.505 e. The summed E-state index contributed by atoms with van der Waals surface area (Å²) in [6.07, 6.45) is 3.71. The van der Waals surface area contributed by atoms with Crippen LogP contribution in [-0.2, 0) is 17.8 Å². The number of carbonyl (C=O) groups excluding carboxylic acids is 1. The van der Waals surface area contributed by atoms with Crippen LogP contribution in [0.4, 0.5) is 0 Å². The number of aromatic nitrogens is 3. The number of aryl methyl sites for hydroxylation is 2. The van der Waals surface area contributed by atoms with Gasteiger partial charge in [0.05, 0.1) is 16.6 Å². The molecule has 3 N–H and O–H groups in total. The van der Waals surface area contributed by atoms with Crippen LogP contribution in [-0.4, -0.2) is 43.2 Å². The van der Waals surface area contributed by atoms with Crippen LogP contribution in [0.25, 0.3) is 33.3 Å². The zero-order valence-electron chi connectivity index (χ0n) is 23.2. The second-order valence-corrected chi connectivity index (χ2v) is 10.6. The third-order valence-corrected chi connectivity index (χ3v) is 7.19. The first-order valence-corrected chi connectivity index (χ1v) is 13.5. The summed E-state index contributed by atoms with van der Waals surface area (Å²) < 4.78 is 1.59. The van der Waals surface area contributed by atoms with E-state index in [4.69, 9.17) is 0 Å². The predicted molar refractivity (Wildman–Crippen MR) is 160 cm³/mol. The Hall–Kier alpha value is -5.31. The lowest BCUT2D eigenvalue weighted by atomic mass is 9.94. The number of hydrogen-bond acceptors (Lipinski definition) is 6. The summed E-state index contributed by atoms with van der Waals surface area (Å²) >= 11 is 0. The summed E-state index contributed by atoms with van der Waals surface area (Å²) in [5.41, 5.74) is 1.45. The standard InChI is InChI=1S/C33H30N4O5/c1-33(2,32(41)42)20-35-30(39)27-29(38)25-18-24(22-12-7-4-8-13-22)31(40)37(17-15-21-10-5-3-6-11-21)28(25)26(36-27)23-14-9-16-34-19-23/h3-14,16,18-19,38H,15,17,20H2,1-2H3,(H,35,39)(H,41,42). The summed E-state index contributed by atoms with van der Waals surface area (Å²) in [4.78, 5) is 47.8. The van der Waals surface area contributed by atoms with Gasteiger partial charge in [-0.1, -0.05) is 60.7 Å². The minimum Gasteiger partial charge on any atom is -0.505 e. The molecule has 5 aromatic rings. The van der Waals surface area contributed by atoms with Gasteiger partial charge in [0.1, 0.15) is 0 Å². The monoisotopic (exact) mass is 562 g/mol. The van der Waals surface area contributed by atoms with Crippen LogP contribution >= 0.6 is 0 Å². The molecule has 9 nitrogen and oxygen atoms in total. The number of nitrogens with one attached hydrogen (secondary N) is 1. The number of hydrogen-bond donors (Lipinski definition) is 3. The molecule has 0 radical (unpaired) electrons. The van der Waals surface area contributed by atoms with E-state index in [-0.39, 0.29) is 29.7 Å². The number of carboxylic acid groups (broad SMARTS) is 1. The molecule has 0 spiro atoms. The van der Waals surface area contributed by atoms with Crippen LogP contribution in [0.2, 0.25) is 0 Å². The molecule has 1 amide bonds. The first kappa shape index (κ1) is 28.2. The zero-order chi connectivity index (χ0) is 29.9. The third-order valence-electron chi connectivity index (χ3n) is 7.19. The van der Waals surface area contributed by atoms with Crippen LogP contribution in [0, 0.1) is 5.41 Å². The van der Waals surface area contributed by atoms with Crippen molar-refractivity contribution >= 4 is 22.8 Å². The highest BCUT2D eigenvalue weighted by molar-refractivity contribution is 6.06. The van der Waals surface area contributed by atoms with E-state index in [9.17, 15) is 24.6 Å². The van der Waals surface area contributed by atoms with Crippen molar-refractivity contribution in [3.8, 4) is 28.1 Å². The number of carboxylic acids is 1. The van der Waals surface area contributed by atoms with Crippen LogP contribution in [0.1, 0.15) is 29.9 Å². The molecule has 0 atom stereocenters. The first-order valence-electron chi connectivity index (χ1n) is 13.5. The number of rotatable bonds is 9. The molecule has 3 aromatic heterocycles. The fourth-order valence-electron chi connectivity index (χ4n) is 4.69. The highest BCUT2D eigenvalue weighted by atomic mass is 16.4. The number of aromatic hydroxyl groups is 1. The molecule has 0 saturated carbocycles. The van der Waals surface area contributed by atoms with Crippen LogP contribution in [0.15, 0.2) is 96.1 Å². The Morgan fingerprint density at radius 2 is 1.62 bits per heavy atom. The number of pyridine rings is 3. The van der Waals surface area contributed by atoms with Gasteiger partial charge in [-0.05, 0) is 49.6 Å². The van der Waals surface area contributed by atoms with E-state index >= 15 is 0 Å². The lowest BCUT2D eigenvalue weighted by Crippen LogP contribution is -2.39. The zero-order valence-corrected chi connectivity index (χ0v) is 23.2. The van der Waals surface area contributed by atoms with Crippen molar-refractivity contribution in [2.75, 3.05) is 6.54 Å². The predicted octanol–water partition coefficient (Wildman–Crippen LogP) is 4.91. The van der Waals surface area contributed by atoms with E-state index in [0.717, 1.165) is 5.56 Å². The fraction of sp³-hybridized carbons (Fsp3) is 0.182. The van der Waals surface area contributed by atoms with Crippen molar-refractivity contribution in [1.82, 2.24) is 19.9 Å². The Morgan fingerprint density at radius 1 is 0.952 bits per heavy atom. The van der Waals surface area contributed by atoms with Gasteiger partial charge in [0.15, 0.2) is 11.4 Å². The summed E-state index contributed by atoms with van der Waals surface area (Å²) in [5.74, 6) is -2.23. The summed E-state index contributed by atoms with van der Waals surface area (Å²) in [7, 11) is 0. The molecule has 9 heteroatoms. The van der Waals surface area contributed by atoms with Crippen molar-refractivity contribution in [1.29, 1.82) is 0 Å². The van der Waals surface area contributed by atoms with Gasteiger partial charge in [-0.15, -0.1) is 0 Å². The van der Waals surface area contributed by atoms with Gasteiger partial charge >= 0.3 is 5.97 Å². The van der Waals surface area contributed by atoms with E-state index in [2.05, 4.69) is 15.3 Å². The van der Waals surface area contributed by atoms with E-state index in [0.29, 0.717) is 34.3 Å². The molecule has 0 saturated heterocycles. The molecule has 2 aromatic carbocycles. The second-order valence-electron chi connectivity index (χ2n) is 10.6. The minimum absolute atomic E-state index is 0.186. The maximum atomic E-state index is 14.1. The molecule has 3 heterocycles. The molecule has 0 unspecified atom stereocenters. The van der Waals surface area contributed by atoms with E-state index in [1.807, 2.05) is 60.7 Å². The van der Waals surface area contributed by atoms with Crippen molar-refractivity contribution < 1.29 is 19.8 Å². The van der Waals surface area contributed by atoms with Crippen molar-refractivity contribution in [3.05, 3.63) is 113 Å². The highest BCUT2D eigenvalue weighted by Gasteiger charge is 2.30. The number of aliphatic carboxylic acids is 1. The molecular formula is C33H30N4O5. The highest BCUT2D eigenvalue weighted by Crippen LogP contribution is 2.36. The molecular weight excluding hydrogens is 532 g/mol. The molecule has 5 rings (SSSR count). The molecule has 0 bridgehead atoms. The average molecular weight is 563 g/mol. The van der Waals surface area contributed by atoms with Crippen LogP contribution in [0.5, 0.6) is 5.75 Å². The summed E-state index contributed by atoms with van der Waals surface area (Å²) in [6.45, 7) is 3.07. The summed E-state index contributed by atoms with van der Waals surface area (Å²) in [6, 6.07) is 23.9. The molecule has 42 heavy (non-hydrogen) atoms. The van der Waals surface area contributed by atoms with Gasteiger partial charge in [-0.3, -0.25) is 19.4 Å². The smallest absolute Gasteiger partial charge is 0.310 e. The van der Waals surface area contributed by atoms with Crippen molar-refractivity contribution in [2.24, 2.45) is 5.41 Å². The van der Waals surface area contributed by atoms with Gasteiger partial charge < -0.3 is 20.1 Å².